The van der Waals surface area contributed by atoms with Crippen molar-refractivity contribution in [1.29, 1.82) is 0 Å². The summed E-state index contributed by atoms with van der Waals surface area (Å²) in [7, 11) is 1.68. The molecular weight excluding hydrogens is 266 g/mol. The fourth-order valence-electron chi connectivity index (χ4n) is 1.80. The average Bonchev–Trinajstić information content (AvgIpc) is 2.76. The summed E-state index contributed by atoms with van der Waals surface area (Å²) in [6.45, 7) is 4.18. The van der Waals surface area contributed by atoms with E-state index in [-0.39, 0.29) is 6.04 Å². The maximum atomic E-state index is 5.96. The monoisotopic (exact) mass is 281 g/mol. The summed E-state index contributed by atoms with van der Waals surface area (Å²) in [6, 6.07) is 10.3. The maximum Gasteiger partial charge on any atom is 0.141 e. The van der Waals surface area contributed by atoms with E-state index in [0.29, 0.717) is 0 Å². The normalized spacial score (nSPS) is 12.2. The van der Waals surface area contributed by atoms with E-state index in [4.69, 9.17) is 16.3 Å². The number of benzene rings is 1. The SMILES string of the molecule is COc1ccc(C)cc1NC(C)c1ccc(Cl)s1. The Morgan fingerprint density at radius 2 is 2.06 bits per heavy atom. The molecule has 96 valence electrons. The van der Waals surface area contributed by atoms with Crippen LogP contribution in [0.1, 0.15) is 23.4 Å². The molecule has 0 saturated carbocycles. The van der Waals surface area contributed by atoms with Crippen molar-refractivity contribution in [1.82, 2.24) is 0 Å². The van der Waals surface area contributed by atoms with Gasteiger partial charge in [0.15, 0.2) is 0 Å². The molecule has 1 heterocycles. The van der Waals surface area contributed by atoms with Gasteiger partial charge in [-0.25, -0.2) is 0 Å². The molecule has 0 fully saturated rings. The lowest BCUT2D eigenvalue weighted by molar-refractivity contribution is 0.416. The Balaban J connectivity index is 2.20. The van der Waals surface area contributed by atoms with Crippen molar-refractivity contribution >= 4 is 28.6 Å². The molecular formula is C14H16ClNOS. The fourth-order valence-corrected chi connectivity index (χ4v) is 2.86. The second-order valence-corrected chi connectivity index (χ2v) is 5.96. The fraction of sp³-hybridized carbons (Fsp3) is 0.286. The summed E-state index contributed by atoms with van der Waals surface area (Å²) < 4.78 is 6.17. The first-order valence-electron chi connectivity index (χ1n) is 5.76. The van der Waals surface area contributed by atoms with Crippen LogP contribution in [0.15, 0.2) is 30.3 Å². The van der Waals surface area contributed by atoms with Crippen LogP contribution in [0.5, 0.6) is 5.75 Å². The molecule has 18 heavy (non-hydrogen) atoms. The maximum absolute atomic E-state index is 5.96. The van der Waals surface area contributed by atoms with Gasteiger partial charge >= 0.3 is 0 Å². The van der Waals surface area contributed by atoms with Gasteiger partial charge in [-0.1, -0.05) is 17.7 Å². The van der Waals surface area contributed by atoms with Crippen LogP contribution in [0.2, 0.25) is 4.34 Å². The number of nitrogens with one attached hydrogen (secondary N) is 1. The molecule has 0 bridgehead atoms. The van der Waals surface area contributed by atoms with Gasteiger partial charge in [-0.05, 0) is 43.7 Å². The van der Waals surface area contributed by atoms with Crippen LogP contribution in [0.4, 0.5) is 5.69 Å². The van der Waals surface area contributed by atoms with Gasteiger partial charge in [0.05, 0.1) is 23.2 Å². The average molecular weight is 282 g/mol. The van der Waals surface area contributed by atoms with Crippen molar-refractivity contribution in [3.63, 3.8) is 0 Å². The van der Waals surface area contributed by atoms with Crippen LogP contribution in [0.25, 0.3) is 0 Å². The van der Waals surface area contributed by atoms with Crippen LogP contribution in [-0.2, 0) is 0 Å². The van der Waals surface area contributed by atoms with Crippen LogP contribution in [-0.4, -0.2) is 7.11 Å². The molecule has 2 rings (SSSR count). The van der Waals surface area contributed by atoms with E-state index in [9.17, 15) is 0 Å². The van der Waals surface area contributed by atoms with Gasteiger partial charge in [-0.3, -0.25) is 0 Å². The minimum Gasteiger partial charge on any atom is -0.495 e. The molecule has 1 aromatic heterocycles. The molecule has 0 amide bonds. The molecule has 0 aliphatic carbocycles. The van der Waals surface area contributed by atoms with Crippen molar-refractivity contribution in [3.05, 3.63) is 45.1 Å². The molecule has 2 aromatic rings. The Bertz CT molecular complexity index is 538. The second-order valence-electron chi connectivity index (χ2n) is 4.21. The number of aryl methyl sites for hydroxylation is 1. The second kappa shape index (κ2) is 5.63. The number of thiophene rings is 1. The molecule has 2 nitrogen and oxygen atoms in total. The largest absolute Gasteiger partial charge is 0.495 e. The molecule has 1 unspecified atom stereocenters. The first kappa shape index (κ1) is 13.2. The number of hydrogen-bond acceptors (Lipinski definition) is 3. The molecule has 0 saturated heterocycles. The quantitative estimate of drug-likeness (QED) is 0.861. The number of anilines is 1. The molecule has 0 aliphatic heterocycles. The Hall–Kier alpha value is -1.19. The van der Waals surface area contributed by atoms with Crippen molar-refractivity contribution in [3.8, 4) is 5.75 Å². The van der Waals surface area contributed by atoms with Crippen molar-refractivity contribution in [2.24, 2.45) is 0 Å². The van der Waals surface area contributed by atoms with E-state index in [1.54, 1.807) is 18.4 Å². The first-order valence-corrected chi connectivity index (χ1v) is 6.96. The van der Waals surface area contributed by atoms with E-state index in [2.05, 4.69) is 25.2 Å². The topological polar surface area (TPSA) is 21.3 Å². The molecule has 1 N–H and O–H groups in total. The van der Waals surface area contributed by atoms with Crippen molar-refractivity contribution in [2.45, 2.75) is 19.9 Å². The van der Waals surface area contributed by atoms with Gasteiger partial charge in [0.25, 0.3) is 0 Å². The van der Waals surface area contributed by atoms with Crippen LogP contribution >= 0.6 is 22.9 Å². The number of methoxy groups -OCH3 is 1. The summed E-state index contributed by atoms with van der Waals surface area (Å²) in [5.41, 5.74) is 2.21. The Morgan fingerprint density at radius 3 is 2.67 bits per heavy atom. The molecule has 0 spiro atoms. The minimum atomic E-state index is 0.207. The van der Waals surface area contributed by atoms with Gasteiger partial charge in [-0.2, -0.15) is 0 Å². The third-order valence-electron chi connectivity index (χ3n) is 2.75. The highest BCUT2D eigenvalue weighted by molar-refractivity contribution is 7.16. The molecule has 1 aromatic carbocycles. The van der Waals surface area contributed by atoms with Gasteiger partial charge < -0.3 is 10.1 Å². The lowest BCUT2D eigenvalue weighted by atomic mass is 10.2. The number of ether oxygens (including phenoxy) is 1. The first-order chi connectivity index (χ1) is 8.60. The lowest BCUT2D eigenvalue weighted by Crippen LogP contribution is -2.06. The summed E-state index contributed by atoms with van der Waals surface area (Å²) in [6.07, 6.45) is 0. The Labute approximate surface area is 117 Å². The standard InChI is InChI=1S/C14H16ClNOS/c1-9-4-5-12(17-3)11(8-9)16-10(2)13-6-7-14(15)18-13/h4-8,10,16H,1-3H3. The molecule has 0 radical (unpaired) electrons. The Kier molecular flexibility index (Phi) is 4.15. The minimum absolute atomic E-state index is 0.207. The van der Waals surface area contributed by atoms with E-state index >= 15 is 0 Å². The summed E-state index contributed by atoms with van der Waals surface area (Å²) >= 11 is 7.55. The van der Waals surface area contributed by atoms with Gasteiger partial charge in [-0.15, -0.1) is 11.3 Å². The van der Waals surface area contributed by atoms with Crippen LogP contribution in [0.3, 0.4) is 0 Å². The highest BCUT2D eigenvalue weighted by Gasteiger charge is 2.11. The van der Waals surface area contributed by atoms with E-state index < -0.39 is 0 Å². The van der Waals surface area contributed by atoms with Gasteiger partial charge in [0, 0.05) is 4.88 Å². The van der Waals surface area contributed by atoms with Crippen LogP contribution < -0.4 is 10.1 Å². The zero-order valence-corrected chi connectivity index (χ0v) is 12.2. The highest BCUT2D eigenvalue weighted by Crippen LogP contribution is 2.32. The van der Waals surface area contributed by atoms with Crippen LogP contribution in [0, 0.1) is 6.92 Å². The highest BCUT2D eigenvalue weighted by atomic mass is 35.5. The zero-order chi connectivity index (χ0) is 13.1. The third kappa shape index (κ3) is 2.98. The van der Waals surface area contributed by atoms with E-state index in [1.807, 2.05) is 24.3 Å². The Morgan fingerprint density at radius 1 is 1.28 bits per heavy atom. The molecule has 1 atom stereocenters. The third-order valence-corrected chi connectivity index (χ3v) is 4.16. The summed E-state index contributed by atoms with van der Waals surface area (Å²) in [4.78, 5) is 1.21. The van der Waals surface area contributed by atoms with Crippen molar-refractivity contribution < 1.29 is 4.74 Å². The number of hydrogen-bond donors (Lipinski definition) is 1. The number of rotatable bonds is 4. The van der Waals surface area contributed by atoms with E-state index in [0.717, 1.165) is 15.8 Å². The van der Waals surface area contributed by atoms with Crippen molar-refractivity contribution in [2.75, 3.05) is 12.4 Å². The number of halogens is 1. The zero-order valence-electron chi connectivity index (χ0n) is 10.7. The smallest absolute Gasteiger partial charge is 0.141 e. The predicted molar refractivity (Wildman–Crippen MR) is 79.1 cm³/mol. The lowest BCUT2D eigenvalue weighted by Gasteiger charge is -2.17. The van der Waals surface area contributed by atoms with E-state index in [1.165, 1.54) is 10.4 Å². The van der Waals surface area contributed by atoms with Gasteiger partial charge in [0.2, 0.25) is 0 Å². The summed E-state index contributed by atoms with van der Waals surface area (Å²) in [5, 5.41) is 3.46. The molecule has 4 heteroatoms. The van der Waals surface area contributed by atoms with Gasteiger partial charge in [0.1, 0.15) is 5.75 Å². The molecule has 0 aliphatic rings. The summed E-state index contributed by atoms with van der Waals surface area (Å²) in [5.74, 6) is 0.857. The predicted octanol–water partition coefficient (Wildman–Crippen LogP) is 4.89.